The fourth-order valence-corrected chi connectivity index (χ4v) is 21.8. The molecule has 11 heteroatoms. The Balaban J connectivity index is 0.589. The molecular weight excluding hydrogens is 1540 g/mol. The number of furan rings is 9. The maximum atomic E-state index is 7.33. The normalized spacial score (nSPS) is 13.7. The zero-order valence-corrected chi connectivity index (χ0v) is 67.7. The van der Waals surface area contributed by atoms with Crippen LogP contribution in [0.15, 0.2) is 367 Å². The Morgan fingerprint density at radius 3 is 0.936 bits per heavy atom. The molecule has 0 unspecified atom stereocenters. The third-order valence-corrected chi connectivity index (χ3v) is 27.7. The average molecular weight is 1610 g/mol. The summed E-state index contributed by atoms with van der Waals surface area (Å²) < 4.78 is 62.3. The third-order valence-electron chi connectivity index (χ3n) is 27.7. The Bertz CT molecular complexity index is 8950. The Morgan fingerprint density at radius 1 is 0.192 bits per heavy atom. The van der Waals surface area contributed by atoms with Gasteiger partial charge in [-0.05, 0) is 202 Å². The SMILES string of the molecule is CC1(C)c2cc(N(c3ccc4cc(-c5cc6ccccc6o5)ccc4c3)c3ccc4c(c3)oc3cc5c(cc34)oc3cc4c(cc35)oc3cc(N(c5ccc6cc(-c7cc8ccccc8o7)ccc6c5)c5cc6c(c7oc8ccccc8c57)-c5c(ccc7oc8ccccc8c57)C6(C)C)ccc34)c3c(oc4ccccc43)c2-c2c1ccc1oc3ccccc3c21. The van der Waals surface area contributed by atoms with Crippen molar-refractivity contribution in [2.45, 2.75) is 38.5 Å². The maximum Gasteiger partial charge on any atom is 0.145 e. The summed E-state index contributed by atoms with van der Waals surface area (Å²) in [5, 5.41) is 20.5. The van der Waals surface area contributed by atoms with Crippen LogP contribution in [0.25, 0.3) is 242 Å². The third kappa shape index (κ3) is 9.21. The second-order valence-corrected chi connectivity index (χ2v) is 35.2. The first kappa shape index (κ1) is 67.5. The molecule has 9 aromatic heterocycles. The monoisotopic (exact) mass is 1610 g/mol. The van der Waals surface area contributed by atoms with Crippen molar-refractivity contribution >= 4 is 231 Å². The number of fused-ring (bicyclic) bond motifs is 35. The van der Waals surface area contributed by atoms with Gasteiger partial charge in [0.25, 0.3) is 0 Å². The van der Waals surface area contributed by atoms with E-state index in [-0.39, 0.29) is 0 Å². The van der Waals surface area contributed by atoms with Crippen LogP contribution in [0.4, 0.5) is 34.1 Å². The summed E-state index contributed by atoms with van der Waals surface area (Å²) in [5.74, 6) is 1.65. The van der Waals surface area contributed by atoms with E-state index in [9.17, 15) is 0 Å². The molecule has 0 aliphatic heterocycles. The lowest BCUT2D eigenvalue weighted by atomic mass is 9.81. The van der Waals surface area contributed by atoms with Crippen LogP contribution in [0.3, 0.4) is 0 Å². The Morgan fingerprint density at radius 2 is 0.520 bits per heavy atom. The number of benzene rings is 18. The summed E-state index contributed by atoms with van der Waals surface area (Å²) in [7, 11) is 0. The summed E-state index contributed by atoms with van der Waals surface area (Å²) in [6.07, 6.45) is 0. The summed E-state index contributed by atoms with van der Waals surface area (Å²) in [6.45, 7) is 9.37. The van der Waals surface area contributed by atoms with Crippen molar-refractivity contribution in [3.63, 3.8) is 0 Å². The van der Waals surface area contributed by atoms with Crippen LogP contribution >= 0.6 is 0 Å². The largest absolute Gasteiger partial charge is 0.456 e. The van der Waals surface area contributed by atoms with E-state index in [0.717, 1.165) is 287 Å². The van der Waals surface area contributed by atoms with Crippen LogP contribution in [0.5, 0.6) is 0 Å². The summed E-state index contributed by atoms with van der Waals surface area (Å²) in [6, 6.07) is 116. The highest BCUT2D eigenvalue weighted by atomic mass is 16.4. The van der Waals surface area contributed by atoms with Crippen molar-refractivity contribution in [3.8, 4) is 44.9 Å². The van der Waals surface area contributed by atoms with Crippen LogP contribution < -0.4 is 9.80 Å². The van der Waals surface area contributed by atoms with Gasteiger partial charge in [0.15, 0.2) is 0 Å². The van der Waals surface area contributed by atoms with Crippen molar-refractivity contribution in [2.24, 2.45) is 0 Å². The van der Waals surface area contributed by atoms with Gasteiger partial charge in [0, 0.05) is 155 Å². The minimum absolute atomic E-state index is 0.453. The van der Waals surface area contributed by atoms with E-state index in [4.69, 9.17) is 39.8 Å². The first-order chi connectivity index (χ1) is 61.4. The van der Waals surface area contributed by atoms with Gasteiger partial charge in [-0.2, -0.15) is 0 Å². The van der Waals surface area contributed by atoms with E-state index in [1.165, 1.54) is 11.1 Å². The number of nitrogens with zero attached hydrogens (tertiary/aromatic N) is 2. The molecule has 18 aromatic carbocycles. The molecule has 0 fully saturated rings. The Hall–Kier alpha value is -16.2. The number of para-hydroxylation sites is 6. The minimum atomic E-state index is -0.453. The molecule has 586 valence electrons. The smallest absolute Gasteiger partial charge is 0.145 e. The maximum absolute atomic E-state index is 7.33. The van der Waals surface area contributed by atoms with Gasteiger partial charge in [0.05, 0.1) is 22.1 Å². The lowest BCUT2D eigenvalue weighted by Crippen LogP contribution is -2.17. The molecule has 2 aliphatic carbocycles. The topological polar surface area (TPSA) is 125 Å². The molecular formula is C114H66N2O9. The quantitative estimate of drug-likeness (QED) is 0.144. The molecule has 29 rings (SSSR count). The van der Waals surface area contributed by atoms with Gasteiger partial charge in [-0.25, -0.2) is 0 Å². The van der Waals surface area contributed by atoms with E-state index in [1.54, 1.807) is 0 Å². The van der Waals surface area contributed by atoms with Crippen molar-refractivity contribution in [2.75, 3.05) is 9.80 Å². The zero-order chi connectivity index (χ0) is 81.9. The molecule has 9 heterocycles. The molecule has 0 saturated heterocycles. The highest BCUT2D eigenvalue weighted by Crippen LogP contribution is 2.62. The fraction of sp³-hybridized carbons (Fsp3) is 0.0526. The van der Waals surface area contributed by atoms with Gasteiger partial charge >= 0.3 is 0 Å². The average Bonchev–Trinajstić information content (AvgIpc) is 1.52. The number of hydrogen-bond donors (Lipinski definition) is 0. The van der Waals surface area contributed by atoms with E-state index in [0.29, 0.717) is 0 Å². The van der Waals surface area contributed by atoms with E-state index < -0.39 is 10.8 Å². The lowest BCUT2D eigenvalue weighted by Gasteiger charge is -2.29. The minimum Gasteiger partial charge on any atom is -0.456 e. The van der Waals surface area contributed by atoms with Gasteiger partial charge in [-0.1, -0.05) is 185 Å². The molecule has 0 N–H and O–H groups in total. The molecule has 0 saturated carbocycles. The van der Waals surface area contributed by atoms with Gasteiger partial charge in [0.2, 0.25) is 0 Å². The molecule has 11 nitrogen and oxygen atoms in total. The van der Waals surface area contributed by atoms with Crippen LogP contribution in [-0.4, -0.2) is 0 Å². The van der Waals surface area contributed by atoms with Crippen LogP contribution in [0.1, 0.15) is 49.9 Å². The molecule has 0 radical (unpaired) electrons. The molecule has 27 aromatic rings. The van der Waals surface area contributed by atoms with Crippen LogP contribution in [-0.2, 0) is 10.8 Å². The predicted octanol–water partition coefficient (Wildman–Crippen LogP) is 33.7. The lowest BCUT2D eigenvalue weighted by molar-refractivity contribution is 0.631. The molecule has 2 aliphatic rings. The highest BCUT2D eigenvalue weighted by molar-refractivity contribution is 6.27. The molecule has 125 heavy (non-hydrogen) atoms. The van der Waals surface area contributed by atoms with E-state index in [1.807, 2.05) is 48.5 Å². The summed E-state index contributed by atoms with van der Waals surface area (Å²) in [4.78, 5) is 4.81. The Labute approximate surface area is 709 Å². The van der Waals surface area contributed by atoms with Gasteiger partial charge in [0.1, 0.15) is 101 Å². The van der Waals surface area contributed by atoms with E-state index in [2.05, 4.69) is 317 Å². The zero-order valence-electron chi connectivity index (χ0n) is 67.7. The van der Waals surface area contributed by atoms with Crippen molar-refractivity contribution in [3.05, 3.63) is 350 Å². The molecule has 0 bridgehead atoms. The summed E-state index contributed by atoms with van der Waals surface area (Å²) >= 11 is 0. The van der Waals surface area contributed by atoms with Crippen molar-refractivity contribution < 1.29 is 39.8 Å². The standard InChI is InChI=1S/C114H66N2O9/c1-113(2)81-41-43-93-105(75-21-9-13-25-89(75)119-93)107(81)109-83(113)57-85(103-73-19-7-15-27-91(73)124-111(103)109)115(67-35-33-59-45-65(31-29-61(59)47-67)95-49-63-17-5-11-23-87(63)117-95)69-37-39-71-77-53-101-79(55-99(77)121-97(71)51-69)80-56-100-78(54-102(80)123-101)72-40-38-70(52-98(72)122-100)116(68-36-34-60-46-66(32-30-62(60)48-68)96-50-64-18-6-12-24-88(64)118-96)86-58-84-110(112-104(86)74-20-8-16-28-92(74)125-112)108-82(114(84,3)4)42-44-94-106(108)76-22-10-14-26-90(76)120-94/h5-58H,1-4H3. The van der Waals surface area contributed by atoms with Crippen molar-refractivity contribution in [1.82, 2.24) is 0 Å². The second-order valence-electron chi connectivity index (χ2n) is 35.2. The van der Waals surface area contributed by atoms with Crippen molar-refractivity contribution in [1.29, 1.82) is 0 Å². The van der Waals surface area contributed by atoms with Gasteiger partial charge < -0.3 is 49.6 Å². The number of rotatable bonds is 8. The first-order valence-corrected chi connectivity index (χ1v) is 42.6. The predicted molar refractivity (Wildman–Crippen MR) is 507 cm³/mol. The van der Waals surface area contributed by atoms with Gasteiger partial charge in [-0.15, -0.1) is 0 Å². The summed E-state index contributed by atoms with van der Waals surface area (Å²) in [5.41, 5.74) is 28.9. The first-order valence-electron chi connectivity index (χ1n) is 42.6. The second kappa shape index (κ2) is 23.9. The molecule has 0 atom stereocenters. The fourth-order valence-electron chi connectivity index (χ4n) is 21.8. The van der Waals surface area contributed by atoms with Gasteiger partial charge in [-0.3, -0.25) is 0 Å². The highest BCUT2D eigenvalue weighted by Gasteiger charge is 2.44. The molecule has 0 amide bonds. The number of hydrogen-bond acceptors (Lipinski definition) is 11. The van der Waals surface area contributed by atoms with Crippen LogP contribution in [0.2, 0.25) is 0 Å². The Kier molecular flexibility index (Phi) is 12.9. The van der Waals surface area contributed by atoms with E-state index >= 15 is 0 Å². The number of anilines is 6. The van der Waals surface area contributed by atoms with Crippen LogP contribution in [0, 0.1) is 0 Å². The molecule has 0 spiro atoms.